The number of carbonyl (C=O) groups excluding carboxylic acids is 1. The second-order valence-corrected chi connectivity index (χ2v) is 7.94. The summed E-state index contributed by atoms with van der Waals surface area (Å²) in [6, 6.07) is 16.9. The van der Waals surface area contributed by atoms with Gasteiger partial charge in [-0.15, -0.1) is 5.10 Å². The molecule has 3 heterocycles. The number of phenolic OH excluding ortho intramolecular Hbond substituents is 1. The smallest absolute Gasteiger partial charge is 0.255 e. The van der Waals surface area contributed by atoms with Crippen molar-refractivity contribution in [3.63, 3.8) is 0 Å². The molecule has 1 aliphatic rings. The van der Waals surface area contributed by atoms with Crippen LogP contribution in [0.5, 0.6) is 5.75 Å². The molecule has 164 valence electrons. The number of halogens is 1. The Kier molecular flexibility index (Phi) is 5.27. The summed E-state index contributed by atoms with van der Waals surface area (Å²) in [5.74, 6) is 0.681. The van der Waals surface area contributed by atoms with Gasteiger partial charge in [-0.1, -0.05) is 41.9 Å². The maximum Gasteiger partial charge on any atom is 0.255 e. The Balaban J connectivity index is 1.63. The van der Waals surface area contributed by atoms with Crippen LogP contribution >= 0.6 is 11.6 Å². The number of anilines is 2. The van der Waals surface area contributed by atoms with E-state index >= 15 is 0 Å². The largest absolute Gasteiger partial charge is 0.508 e. The molecule has 0 bridgehead atoms. The van der Waals surface area contributed by atoms with Crippen LogP contribution in [-0.4, -0.2) is 30.8 Å². The zero-order valence-corrected chi connectivity index (χ0v) is 18.3. The average Bonchev–Trinajstić information content (AvgIpc) is 3.23. The van der Waals surface area contributed by atoms with Crippen LogP contribution in [0.1, 0.15) is 18.5 Å². The molecule has 33 heavy (non-hydrogen) atoms. The van der Waals surface area contributed by atoms with Gasteiger partial charge in [0.2, 0.25) is 5.95 Å². The molecule has 9 heteroatoms. The van der Waals surface area contributed by atoms with Gasteiger partial charge in [0.1, 0.15) is 11.8 Å². The number of hydrogen-bond donors (Lipinski definition) is 3. The average molecular weight is 459 g/mol. The van der Waals surface area contributed by atoms with E-state index in [0.717, 1.165) is 0 Å². The Morgan fingerprint density at radius 1 is 1.15 bits per heavy atom. The molecule has 0 fully saturated rings. The molecule has 3 N–H and O–H groups in total. The van der Waals surface area contributed by atoms with Crippen LogP contribution in [0.25, 0.3) is 11.4 Å². The number of phenols is 1. The summed E-state index contributed by atoms with van der Waals surface area (Å²) in [5, 5.41) is 21.2. The van der Waals surface area contributed by atoms with Gasteiger partial charge in [0, 0.05) is 28.0 Å². The quantitative estimate of drug-likeness (QED) is 0.412. The first-order valence-electron chi connectivity index (χ1n) is 10.2. The van der Waals surface area contributed by atoms with Gasteiger partial charge in [0.05, 0.1) is 17.5 Å². The molecule has 1 amide bonds. The Hall–Kier alpha value is -4.17. The first kappa shape index (κ1) is 20.7. The lowest BCUT2D eigenvalue weighted by molar-refractivity contribution is -0.113. The van der Waals surface area contributed by atoms with Gasteiger partial charge in [0.15, 0.2) is 5.82 Å². The van der Waals surface area contributed by atoms with Crippen LogP contribution in [0.15, 0.2) is 84.3 Å². The van der Waals surface area contributed by atoms with Crippen LogP contribution in [0, 0.1) is 0 Å². The molecule has 0 spiro atoms. The molecule has 2 aromatic carbocycles. The third-order valence-electron chi connectivity index (χ3n) is 5.32. The zero-order chi connectivity index (χ0) is 22.9. The lowest BCUT2D eigenvalue weighted by atomic mass is 9.95. The number of pyridine rings is 1. The normalized spacial score (nSPS) is 15.0. The fourth-order valence-corrected chi connectivity index (χ4v) is 4.07. The van der Waals surface area contributed by atoms with E-state index in [1.807, 2.05) is 31.2 Å². The van der Waals surface area contributed by atoms with Crippen molar-refractivity contribution in [2.75, 3.05) is 10.6 Å². The van der Waals surface area contributed by atoms with Gasteiger partial charge in [0.25, 0.3) is 5.91 Å². The maximum absolute atomic E-state index is 13.4. The zero-order valence-electron chi connectivity index (χ0n) is 17.5. The molecule has 0 radical (unpaired) electrons. The lowest BCUT2D eigenvalue weighted by Gasteiger charge is -2.29. The van der Waals surface area contributed by atoms with Crippen molar-refractivity contribution in [2.45, 2.75) is 13.0 Å². The second-order valence-electron chi connectivity index (χ2n) is 7.54. The maximum atomic E-state index is 13.4. The number of nitrogens with one attached hydrogen (secondary N) is 2. The minimum atomic E-state index is -0.620. The number of rotatable bonds is 4. The highest BCUT2D eigenvalue weighted by molar-refractivity contribution is 6.31. The number of allylic oxidation sites excluding steroid dienone is 1. The topological polar surface area (TPSA) is 105 Å². The number of amides is 1. The van der Waals surface area contributed by atoms with E-state index < -0.39 is 6.04 Å². The van der Waals surface area contributed by atoms with Gasteiger partial charge in [-0.05, 0) is 37.3 Å². The molecular formula is C24H19ClN6O2. The molecule has 0 aliphatic carbocycles. The van der Waals surface area contributed by atoms with Crippen molar-refractivity contribution in [2.24, 2.45) is 0 Å². The molecule has 5 rings (SSSR count). The number of aromatic nitrogens is 4. The summed E-state index contributed by atoms with van der Waals surface area (Å²) >= 11 is 6.57. The van der Waals surface area contributed by atoms with Crippen LogP contribution in [0.3, 0.4) is 0 Å². The minimum absolute atomic E-state index is 0.113. The molecule has 1 unspecified atom stereocenters. The number of nitrogens with zero attached hydrogens (tertiary/aromatic N) is 4. The van der Waals surface area contributed by atoms with Gasteiger partial charge in [-0.2, -0.15) is 4.98 Å². The first-order chi connectivity index (χ1) is 16.0. The fourth-order valence-electron chi connectivity index (χ4n) is 3.83. The number of carbonyl (C=O) groups is 1. The van der Waals surface area contributed by atoms with Crippen LogP contribution in [0.4, 0.5) is 11.6 Å². The van der Waals surface area contributed by atoms with Crippen molar-refractivity contribution in [3.05, 3.63) is 94.9 Å². The lowest BCUT2D eigenvalue weighted by Crippen LogP contribution is -2.31. The van der Waals surface area contributed by atoms with E-state index in [0.29, 0.717) is 44.9 Å². The molecular weight excluding hydrogens is 440 g/mol. The van der Waals surface area contributed by atoms with E-state index in [1.165, 1.54) is 0 Å². The SMILES string of the molecule is CC1=C(C(=O)Nc2cccnc2)C(c2ccccc2Cl)n2nc(-c3cccc(O)c3)nc2N1. The van der Waals surface area contributed by atoms with Crippen molar-refractivity contribution in [1.29, 1.82) is 0 Å². The second kappa shape index (κ2) is 8.40. The predicted molar refractivity (Wildman–Crippen MR) is 126 cm³/mol. The van der Waals surface area contributed by atoms with Gasteiger partial charge in [-0.3, -0.25) is 9.78 Å². The Labute approximate surface area is 194 Å². The summed E-state index contributed by atoms with van der Waals surface area (Å²) in [6.45, 7) is 1.81. The van der Waals surface area contributed by atoms with E-state index in [9.17, 15) is 9.90 Å². The fraction of sp³-hybridized carbons (Fsp3) is 0.0833. The Morgan fingerprint density at radius 3 is 2.76 bits per heavy atom. The Bertz CT molecular complexity index is 1380. The summed E-state index contributed by atoms with van der Waals surface area (Å²) in [6.07, 6.45) is 3.22. The molecule has 4 aromatic rings. The van der Waals surface area contributed by atoms with Crippen molar-refractivity contribution >= 4 is 29.1 Å². The highest BCUT2D eigenvalue weighted by atomic mass is 35.5. The summed E-state index contributed by atoms with van der Waals surface area (Å²) < 4.78 is 1.64. The molecule has 1 atom stereocenters. The van der Waals surface area contributed by atoms with Crippen LogP contribution in [-0.2, 0) is 4.79 Å². The van der Waals surface area contributed by atoms with Crippen molar-refractivity contribution in [3.8, 4) is 17.1 Å². The number of fused-ring (bicyclic) bond motifs is 1. The molecule has 1 aliphatic heterocycles. The van der Waals surface area contributed by atoms with E-state index in [1.54, 1.807) is 53.5 Å². The van der Waals surface area contributed by atoms with Gasteiger partial charge < -0.3 is 15.7 Å². The van der Waals surface area contributed by atoms with Gasteiger partial charge >= 0.3 is 0 Å². The summed E-state index contributed by atoms with van der Waals surface area (Å²) in [7, 11) is 0. The number of benzene rings is 2. The Morgan fingerprint density at radius 2 is 2.00 bits per heavy atom. The van der Waals surface area contributed by atoms with E-state index in [4.69, 9.17) is 11.6 Å². The van der Waals surface area contributed by atoms with E-state index in [-0.39, 0.29) is 11.7 Å². The monoisotopic (exact) mass is 458 g/mol. The minimum Gasteiger partial charge on any atom is -0.508 e. The molecule has 2 aromatic heterocycles. The van der Waals surface area contributed by atoms with Crippen LogP contribution in [0.2, 0.25) is 5.02 Å². The highest BCUT2D eigenvalue weighted by Gasteiger charge is 2.35. The standard InChI is InChI=1S/C24H19ClN6O2/c1-14-20(23(33)28-16-7-5-11-26-13-16)21(18-9-2-3-10-19(18)25)31-24(27-14)29-22(30-31)15-6-4-8-17(32)12-15/h2-13,21,32H,1H3,(H,28,33)(H,27,29,30). The molecule has 8 nitrogen and oxygen atoms in total. The number of aromatic hydroxyl groups is 1. The highest BCUT2D eigenvalue weighted by Crippen LogP contribution is 2.39. The van der Waals surface area contributed by atoms with Crippen LogP contribution < -0.4 is 10.6 Å². The van der Waals surface area contributed by atoms with Crippen molar-refractivity contribution in [1.82, 2.24) is 19.7 Å². The third kappa shape index (κ3) is 3.92. The van der Waals surface area contributed by atoms with Crippen molar-refractivity contribution < 1.29 is 9.90 Å². The van der Waals surface area contributed by atoms with Gasteiger partial charge in [-0.25, -0.2) is 4.68 Å². The summed E-state index contributed by atoms with van der Waals surface area (Å²) in [5.41, 5.74) is 3.02. The molecule has 0 saturated heterocycles. The predicted octanol–water partition coefficient (Wildman–Crippen LogP) is 4.63. The summed E-state index contributed by atoms with van der Waals surface area (Å²) in [4.78, 5) is 22.1. The molecule has 0 saturated carbocycles. The number of hydrogen-bond acceptors (Lipinski definition) is 6. The third-order valence-corrected chi connectivity index (χ3v) is 5.66. The first-order valence-corrected chi connectivity index (χ1v) is 10.6. The van der Waals surface area contributed by atoms with E-state index in [2.05, 4.69) is 25.7 Å².